The summed E-state index contributed by atoms with van der Waals surface area (Å²) < 4.78 is 17.9. The Hall–Kier alpha value is -2.44. The molecule has 0 bridgehead atoms. The van der Waals surface area contributed by atoms with Gasteiger partial charge in [0.2, 0.25) is 5.89 Å². The molecular weight excluding hydrogens is 297 g/mol. The van der Waals surface area contributed by atoms with Crippen LogP contribution in [0.2, 0.25) is 0 Å². The van der Waals surface area contributed by atoms with Crippen LogP contribution >= 0.6 is 0 Å². The van der Waals surface area contributed by atoms with E-state index in [2.05, 4.69) is 25.8 Å². The van der Waals surface area contributed by atoms with Crippen LogP contribution in [0.1, 0.15) is 30.6 Å². The van der Waals surface area contributed by atoms with E-state index in [9.17, 15) is 4.39 Å². The molecule has 0 unspecified atom stereocenters. The van der Waals surface area contributed by atoms with Gasteiger partial charge in [-0.15, -0.1) is 0 Å². The van der Waals surface area contributed by atoms with Crippen LogP contribution in [-0.2, 0) is 13.0 Å². The summed E-state index contributed by atoms with van der Waals surface area (Å²) in [5, 5.41) is 10.2. The number of aromatic nitrogens is 2. The number of hydrogen-bond acceptors (Lipinski definition) is 4. The van der Waals surface area contributed by atoms with Crippen molar-refractivity contribution >= 4 is 5.96 Å². The molecule has 0 fully saturated rings. The minimum Gasteiger partial charge on any atom is -0.357 e. The number of aliphatic imine (C=N–C) groups is 1. The molecule has 0 saturated heterocycles. The van der Waals surface area contributed by atoms with Gasteiger partial charge in [-0.05, 0) is 38.0 Å². The SMILES string of the molecule is CCNC(=NCc1ccc(F)cc1)NCCCc1nc(C)no1. The molecule has 0 radical (unpaired) electrons. The fourth-order valence-corrected chi connectivity index (χ4v) is 1.99. The van der Waals surface area contributed by atoms with Crippen molar-refractivity contribution in [3.8, 4) is 0 Å². The van der Waals surface area contributed by atoms with E-state index in [1.165, 1.54) is 12.1 Å². The van der Waals surface area contributed by atoms with Crippen LogP contribution in [0.25, 0.3) is 0 Å². The molecule has 6 nitrogen and oxygen atoms in total. The summed E-state index contributed by atoms with van der Waals surface area (Å²) in [6, 6.07) is 6.36. The number of guanidine groups is 1. The van der Waals surface area contributed by atoms with Crippen molar-refractivity contribution in [3.63, 3.8) is 0 Å². The van der Waals surface area contributed by atoms with Crippen LogP contribution in [0.5, 0.6) is 0 Å². The Bertz CT molecular complexity index is 624. The summed E-state index contributed by atoms with van der Waals surface area (Å²) in [4.78, 5) is 8.65. The van der Waals surface area contributed by atoms with Gasteiger partial charge in [-0.3, -0.25) is 0 Å². The number of benzene rings is 1. The number of nitrogens with zero attached hydrogens (tertiary/aromatic N) is 3. The molecule has 1 aromatic heterocycles. The van der Waals surface area contributed by atoms with Gasteiger partial charge in [-0.1, -0.05) is 17.3 Å². The van der Waals surface area contributed by atoms with E-state index in [1.54, 1.807) is 19.1 Å². The summed E-state index contributed by atoms with van der Waals surface area (Å²) in [6.45, 7) is 5.83. The highest BCUT2D eigenvalue weighted by Crippen LogP contribution is 2.04. The zero-order valence-corrected chi connectivity index (χ0v) is 13.5. The molecule has 0 aliphatic rings. The smallest absolute Gasteiger partial charge is 0.226 e. The van der Waals surface area contributed by atoms with Crippen molar-refractivity contribution in [1.29, 1.82) is 0 Å². The number of rotatable bonds is 7. The van der Waals surface area contributed by atoms with Crippen LogP contribution in [0, 0.1) is 12.7 Å². The van der Waals surface area contributed by atoms with E-state index >= 15 is 0 Å². The van der Waals surface area contributed by atoms with Crippen molar-refractivity contribution < 1.29 is 8.91 Å². The van der Waals surface area contributed by atoms with Crippen molar-refractivity contribution in [3.05, 3.63) is 47.4 Å². The summed E-state index contributed by atoms with van der Waals surface area (Å²) in [5.74, 6) is 1.80. The van der Waals surface area contributed by atoms with Gasteiger partial charge in [0.05, 0.1) is 6.54 Å². The predicted octanol–water partition coefficient (Wildman–Crippen LogP) is 2.21. The molecule has 0 atom stereocenters. The highest BCUT2D eigenvalue weighted by Gasteiger charge is 2.03. The van der Waals surface area contributed by atoms with Crippen LogP contribution < -0.4 is 10.6 Å². The standard InChI is InChI=1S/C16H22FN5O/c1-3-18-16(20-11-13-6-8-14(17)9-7-13)19-10-4-5-15-21-12(2)22-23-15/h6-9H,3-5,10-11H2,1-2H3,(H2,18,19,20). The van der Waals surface area contributed by atoms with Crippen LogP contribution in [-0.4, -0.2) is 29.2 Å². The zero-order valence-electron chi connectivity index (χ0n) is 13.5. The third-order valence-corrected chi connectivity index (χ3v) is 3.11. The van der Waals surface area contributed by atoms with Crippen LogP contribution in [0.15, 0.2) is 33.8 Å². The summed E-state index contributed by atoms with van der Waals surface area (Å²) in [5.41, 5.74) is 0.963. The Morgan fingerprint density at radius 2 is 2.04 bits per heavy atom. The Balaban J connectivity index is 1.78. The van der Waals surface area contributed by atoms with Gasteiger partial charge in [0.15, 0.2) is 11.8 Å². The lowest BCUT2D eigenvalue weighted by molar-refractivity contribution is 0.372. The maximum absolute atomic E-state index is 12.9. The van der Waals surface area contributed by atoms with Crippen molar-refractivity contribution in [2.75, 3.05) is 13.1 Å². The molecule has 0 aliphatic carbocycles. The van der Waals surface area contributed by atoms with E-state index in [-0.39, 0.29) is 5.82 Å². The second kappa shape index (κ2) is 8.87. The summed E-state index contributed by atoms with van der Waals surface area (Å²) in [7, 11) is 0. The monoisotopic (exact) mass is 319 g/mol. The minimum atomic E-state index is -0.237. The summed E-state index contributed by atoms with van der Waals surface area (Å²) >= 11 is 0. The Morgan fingerprint density at radius 3 is 2.70 bits per heavy atom. The van der Waals surface area contributed by atoms with E-state index in [1.807, 2.05) is 6.92 Å². The molecule has 2 rings (SSSR count). The normalized spacial score (nSPS) is 11.5. The van der Waals surface area contributed by atoms with E-state index in [4.69, 9.17) is 4.52 Å². The average molecular weight is 319 g/mol. The van der Waals surface area contributed by atoms with Gasteiger partial charge in [0.25, 0.3) is 0 Å². The molecule has 7 heteroatoms. The molecule has 2 N–H and O–H groups in total. The topological polar surface area (TPSA) is 75.3 Å². The lowest BCUT2D eigenvalue weighted by atomic mass is 10.2. The predicted molar refractivity (Wildman–Crippen MR) is 86.6 cm³/mol. The molecule has 124 valence electrons. The van der Waals surface area contributed by atoms with Gasteiger partial charge >= 0.3 is 0 Å². The maximum Gasteiger partial charge on any atom is 0.226 e. The highest BCUT2D eigenvalue weighted by molar-refractivity contribution is 5.79. The van der Waals surface area contributed by atoms with Gasteiger partial charge in [-0.25, -0.2) is 9.38 Å². The lowest BCUT2D eigenvalue weighted by Gasteiger charge is -2.10. The first-order valence-corrected chi connectivity index (χ1v) is 7.73. The second-order valence-corrected chi connectivity index (χ2v) is 5.09. The molecule has 0 amide bonds. The molecule has 0 aliphatic heterocycles. The van der Waals surface area contributed by atoms with Gasteiger partial charge in [0.1, 0.15) is 5.82 Å². The first kappa shape index (κ1) is 16.9. The maximum atomic E-state index is 12.9. The molecule has 23 heavy (non-hydrogen) atoms. The summed E-state index contributed by atoms with van der Waals surface area (Å²) in [6.07, 6.45) is 1.59. The average Bonchev–Trinajstić information content (AvgIpc) is 2.96. The quantitative estimate of drug-likeness (QED) is 0.465. The number of halogens is 1. The Kier molecular flexibility index (Phi) is 6.53. The molecule has 1 aromatic carbocycles. The van der Waals surface area contributed by atoms with Crippen molar-refractivity contribution in [2.24, 2.45) is 4.99 Å². The fraction of sp³-hybridized carbons (Fsp3) is 0.438. The molecule has 0 saturated carbocycles. The molecule has 2 aromatic rings. The van der Waals surface area contributed by atoms with Crippen LogP contribution in [0.3, 0.4) is 0 Å². The highest BCUT2D eigenvalue weighted by atomic mass is 19.1. The Labute approximate surface area is 135 Å². The van der Waals surface area contributed by atoms with Crippen molar-refractivity contribution in [1.82, 2.24) is 20.8 Å². The van der Waals surface area contributed by atoms with Crippen LogP contribution in [0.4, 0.5) is 4.39 Å². The van der Waals surface area contributed by atoms with Gasteiger partial charge < -0.3 is 15.2 Å². The Morgan fingerprint density at radius 1 is 1.26 bits per heavy atom. The number of hydrogen-bond donors (Lipinski definition) is 2. The first-order chi connectivity index (χ1) is 11.2. The third kappa shape index (κ3) is 6.06. The van der Waals surface area contributed by atoms with E-state index < -0.39 is 0 Å². The van der Waals surface area contributed by atoms with Gasteiger partial charge in [-0.2, -0.15) is 4.98 Å². The molecule has 1 heterocycles. The molecular formula is C16H22FN5O. The third-order valence-electron chi connectivity index (χ3n) is 3.11. The first-order valence-electron chi connectivity index (χ1n) is 7.73. The minimum absolute atomic E-state index is 0.237. The van der Waals surface area contributed by atoms with Gasteiger partial charge in [0, 0.05) is 19.5 Å². The fourth-order valence-electron chi connectivity index (χ4n) is 1.99. The van der Waals surface area contributed by atoms with E-state index in [0.29, 0.717) is 18.3 Å². The van der Waals surface area contributed by atoms with Crippen molar-refractivity contribution in [2.45, 2.75) is 33.2 Å². The van der Waals surface area contributed by atoms with E-state index in [0.717, 1.165) is 37.5 Å². The number of nitrogens with one attached hydrogen (secondary N) is 2. The lowest BCUT2D eigenvalue weighted by Crippen LogP contribution is -2.37. The second-order valence-electron chi connectivity index (χ2n) is 5.09. The largest absolute Gasteiger partial charge is 0.357 e. The number of aryl methyl sites for hydroxylation is 2. The molecule has 0 spiro atoms. The zero-order chi connectivity index (χ0) is 16.5.